The Balaban J connectivity index is 2.13. The topological polar surface area (TPSA) is 82.5 Å². The van der Waals surface area contributed by atoms with Crippen LogP contribution in [0.25, 0.3) is 0 Å². The first-order chi connectivity index (χ1) is 13.3. The number of amides is 1. The maximum Gasteiger partial charge on any atom is 0.272 e. The molecule has 7 nitrogen and oxygen atoms in total. The lowest BCUT2D eigenvalue weighted by Gasteiger charge is -2.18. The normalized spacial score (nSPS) is 11.9. The predicted octanol–water partition coefficient (Wildman–Crippen LogP) is 3.19. The molecule has 0 saturated heterocycles. The van der Waals surface area contributed by atoms with Crippen molar-refractivity contribution >= 4 is 5.91 Å². The molecule has 0 bridgehead atoms. The Morgan fingerprint density at radius 1 is 1.18 bits per heavy atom. The van der Waals surface area contributed by atoms with Crippen molar-refractivity contribution in [3.05, 3.63) is 51.9 Å². The molecule has 0 fully saturated rings. The molecule has 1 heterocycles. The van der Waals surface area contributed by atoms with E-state index in [1.807, 2.05) is 32.0 Å². The highest BCUT2D eigenvalue weighted by molar-refractivity contribution is 5.92. The molecule has 0 radical (unpaired) electrons. The van der Waals surface area contributed by atoms with E-state index in [0.29, 0.717) is 30.6 Å². The van der Waals surface area contributed by atoms with Crippen LogP contribution in [-0.2, 0) is 6.54 Å². The highest BCUT2D eigenvalue weighted by Crippen LogP contribution is 2.30. The van der Waals surface area contributed by atoms with Gasteiger partial charge in [0.05, 0.1) is 19.8 Å². The van der Waals surface area contributed by atoms with E-state index in [-0.39, 0.29) is 23.2 Å². The number of hydrogen-bond acceptors (Lipinski definition) is 5. The van der Waals surface area contributed by atoms with Crippen LogP contribution in [-0.4, -0.2) is 29.4 Å². The van der Waals surface area contributed by atoms with E-state index in [1.54, 1.807) is 7.11 Å². The van der Waals surface area contributed by atoms with Gasteiger partial charge in [-0.3, -0.25) is 9.59 Å². The Morgan fingerprint density at radius 3 is 2.57 bits per heavy atom. The monoisotopic (exact) mass is 387 g/mol. The number of benzene rings is 1. The molecular weight excluding hydrogens is 358 g/mol. The quantitative estimate of drug-likeness (QED) is 0.714. The van der Waals surface area contributed by atoms with E-state index < -0.39 is 0 Å². The summed E-state index contributed by atoms with van der Waals surface area (Å²) >= 11 is 0. The molecule has 1 unspecified atom stereocenters. The van der Waals surface area contributed by atoms with Gasteiger partial charge in [-0.15, -0.1) is 0 Å². The van der Waals surface area contributed by atoms with Crippen molar-refractivity contribution in [2.24, 2.45) is 5.92 Å². The second-order valence-corrected chi connectivity index (χ2v) is 7.09. The lowest BCUT2D eigenvalue weighted by Crippen LogP contribution is -2.31. The van der Waals surface area contributed by atoms with Crippen LogP contribution in [0.5, 0.6) is 11.5 Å². The average Bonchev–Trinajstić information content (AvgIpc) is 2.67. The lowest BCUT2D eigenvalue weighted by molar-refractivity contribution is 0.0932. The van der Waals surface area contributed by atoms with Gasteiger partial charge in [-0.1, -0.05) is 26.8 Å². The first-order valence-corrected chi connectivity index (χ1v) is 9.55. The molecule has 0 spiro atoms. The highest BCUT2D eigenvalue weighted by Gasteiger charge is 2.16. The van der Waals surface area contributed by atoms with Crippen LogP contribution in [0.15, 0.2) is 35.1 Å². The van der Waals surface area contributed by atoms with E-state index in [9.17, 15) is 9.59 Å². The zero-order chi connectivity index (χ0) is 20.7. The molecule has 1 N–H and O–H groups in total. The van der Waals surface area contributed by atoms with Crippen LogP contribution < -0.4 is 20.3 Å². The molecule has 0 saturated carbocycles. The Hall–Kier alpha value is -2.83. The van der Waals surface area contributed by atoms with Crippen molar-refractivity contribution in [3.63, 3.8) is 0 Å². The first-order valence-electron chi connectivity index (χ1n) is 9.55. The molecule has 1 atom stereocenters. The summed E-state index contributed by atoms with van der Waals surface area (Å²) in [5.74, 6) is 1.36. The SMILES string of the molecule is CCCn1nc(C(=O)NC(C)c2ccc(OCC(C)C)c(OC)c2)ccc1=O. The van der Waals surface area contributed by atoms with Gasteiger partial charge in [0.15, 0.2) is 11.5 Å². The third-order valence-electron chi connectivity index (χ3n) is 4.14. The van der Waals surface area contributed by atoms with E-state index >= 15 is 0 Å². The fourth-order valence-electron chi connectivity index (χ4n) is 2.63. The molecular formula is C21H29N3O4. The Labute approximate surface area is 165 Å². The molecule has 152 valence electrons. The molecule has 0 aliphatic heterocycles. The van der Waals surface area contributed by atoms with Crippen molar-refractivity contribution in [2.45, 2.75) is 46.7 Å². The van der Waals surface area contributed by atoms with Gasteiger partial charge in [0, 0.05) is 12.6 Å². The number of aromatic nitrogens is 2. The number of rotatable bonds is 9. The van der Waals surface area contributed by atoms with Gasteiger partial charge in [0.2, 0.25) is 0 Å². The number of nitrogens with one attached hydrogen (secondary N) is 1. The highest BCUT2D eigenvalue weighted by atomic mass is 16.5. The smallest absolute Gasteiger partial charge is 0.272 e. The Morgan fingerprint density at radius 2 is 1.93 bits per heavy atom. The number of carbonyl (C=O) groups is 1. The van der Waals surface area contributed by atoms with Crippen molar-refractivity contribution in [3.8, 4) is 11.5 Å². The number of ether oxygens (including phenoxy) is 2. The number of nitrogens with zero attached hydrogens (tertiary/aromatic N) is 2. The molecule has 1 amide bonds. The standard InChI is InChI=1S/C21H29N3O4/c1-6-11-24-20(25)10-8-17(23-24)21(26)22-15(4)16-7-9-18(19(12-16)27-5)28-13-14(2)3/h7-10,12,14-15H,6,11,13H2,1-5H3,(H,22,26). The molecule has 0 aliphatic rings. The first kappa shape index (κ1) is 21.5. The van der Waals surface area contributed by atoms with Gasteiger partial charge in [-0.05, 0) is 43.0 Å². The van der Waals surface area contributed by atoms with E-state index in [0.717, 1.165) is 12.0 Å². The Bertz CT molecular complexity index is 861. The summed E-state index contributed by atoms with van der Waals surface area (Å²) in [6, 6.07) is 8.14. The van der Waals surface area contributed by atoms with Crippen molar-refractivity contribution in [1.29, 1.82) is 0 Å². The molecule has 0 aliphatic carbocycles. The van der Waals surface area contributed by atoms with Crippen molar-refractivity contribution < 1.29 is 14.3 Å². The molecule has 2 aromatic rings. The second kappa shape index (κ2) is 9.92. The van der Waals surface area contributed by atoms with Crippen molar-refractivity contribution in [2.75, 3.05) is 13.7 Å². The van der Waals surface area contributed by atoms with Gasteiger partial charge < -0.3 is 14.8 Å². The average molecular weight is 387 g/mol. The molecule has 1 aromatic carbocycles. The number of carbonyl (C=O) groups excluding carboxylic acids is 1. The van der Waals surface area contributed by atoms with Crippen LogP contribution in [0.3, 0.4) is 0 Å². The third-order valence-corrected chi connectivity index (χ3v) is 4.14. The predicted molar refractivity (Wildman–Crippen MR) is 108 cm³/mol. The third kappa shape index (κ3) is 5.58. The van der Waals surface area contributed by atoms with E-state index in [4.69, 9.17) is 9.47 Å². The summed E-state index contributed by atoms with van der Waals surface area (Å²) in [4.78, 5) is 24.3. The second-order valence-electron chi connectivity index (χ2n) is 7.09. The van der Waals surface area contributed by atoms with Crippen LogP contribution in [0.4, 0.5) is 0 Å². The largest absolute Gasteiger partial charge is 0.493 e. The lowest BCUT2D eigenvalue weighted by atomic mass is 10.1. The minimum absolute atomic E-state index is 0.212. The zero-order valence-corrected chi connectivity index (χ0v) is 17.2. The van der Waals surface area contributed by atoms with Crippen LogP contribution in [0, 0.1) is 5.92 Å². The van der Waals surface area contributed by atoms with Crippen LogP contribution >= 0.6 is 0 Å². The minimum Gasteiger partial charge on any atom is -0.493 e. The summed E-state index contributed by atoms with van der Waals surface area (Å²) in [5, 5.41) is 7.05. The van der Waals surface area contributed by atoms with E-state index in [1.165, 1.54) is 16.8 Å². The number of hydrogen-bond donors (Lipinski definition) is 1. The van der Waals surface area contributed by atoms with Gasteiger partial charge in [0.1, 0.15) is 5.69 Å². The summed E-state index contributed by atoms with van der Waals surface area (Å²) < 4.78 is 12.5. The van der Waals surface area contributed by atoms with E-state index in [2.05, 4.69) is 24.3 Å². The van der Waals surface area contributed by atoms with Crippen LogP contribution in [0.2, 0.25) is 0 Å². The molecule has 1 aromatic heterocycles. The zero-order valence-electron chi connectivity index (χ0n) is 17.2. The molecule has 2 rings (SSSR count). The van der Waals surface area contributed by atoms with Crippen molar-refractivity contribution in [1.82, 2.24) is 15.1 Å². The van der Waals surface area contributed by atoms with Gasteiger partial charge >= 0.3 is 0 Å². The van der Waals surface area contributed by atoms with Crippen LogP contribution in [0.1, 0.15) is 56.2 Å². The summed E-state index contributed by atoms with van der Waals surface area (Å²) in [6.07, 6.45) is 0.763. The maximum atomic E-state index is 12.6. The number of aryl methyl sites for hydroxylation is 1. The fraction of sp³-hybridized carbons (Fsp3) is 0.476. The van der Waals surface area contributed by atoms with Gasteiger partial charge in [0.25, 0.3) is 11.5 Å². The number of methoxy groups -OCH3 is 1. The fourth-order valence-corrected chi connectivity index (χ4v) is 2.63. The Kier molecular flexibility index (Phi) is 7.61. The summed E-state index contributed by atoms with van der Waals surface area (Å²) in [6.45, 7) is 9.06. The molecule has 28 heavy (non-hydrogen) atoms. The summed E-state index contributed by atoms with van der Waals surface area (Å²) in [7, 11) is 1.59. The minimum atomic E-state index is -0.337. The molecule has 7 heteroatoms. The summed E-state index contributed by atoms with van der Waals surface area (Å²) in [5.41, 5.74) is 0.876. The van der Waals surface area contributed by atoms with Gasteiger partial charge in [-0.25, -0.2) is 4.68 Å². The maximum absolute atomic E-state index is 12.6. The van der Waals surface area contributed by atoms with Gasteiger partial charge in [-0.2, -0.15) is 5.10 Å².